The van der Waals surface area contributed by atoms with Gasteiger partial charge in [-0.2, -0.15) is 0 Å². The van der Waals surface area contributed by atoms with E-state index < -0.39 is 4.92 Å². The average Bonchev–Trinajstić information content (AvgIpc) is 2.47. The van der Waals surface area contributed by atoms with Gasteiger partial charge in [-0.1, -0.05) is 6.07 Å². The van der Waals surface area contributed by atoms with Gasteiger partial charge in [0.1, 0.15) is 0 Å². The molecule has 22 heavy (non-hydrogen) atoms. The minimum Gasteiger partial charge on any atom is -0.335 e. The molecule has 1 saturated heterocycles. The van der Waals surface area contributed by atoms with Crippen LogP contribution in [0, 0.1) is 16.0 Å². The first-order valence-corrected chi connectivity index (χ1v) is 7.46. The Morgan fingerprint density at radius 3 is 2.73 bits per heavy atom. The summed E-state index contributed by atoms with van der Waals surface area (Å²) in [5.74, 6) is 0.465. The third-order valence-corrected chi connectivity index (χ3v) is 4.14. The third kappa shape index (κ3) is 4.42. The predicted octanol–water partition coefficient (Wildman–Crippen LogP) is 2.45. The highest BCUT2D eigenvalue weighted by molar-refractivity contribution is 5.89. The summed E-state index contributed by atoms with van der Waals surface area (Å²) in [7, 11) is 2.10. The molecule has 0 spiro atoms. The van der Waals surface area contributed by atoms with Gasteiger partial charge in [0.2, 0.25) is 0 Å². The molecule has 0 aliphatic carbocycles. The molecular formula is C15H22N4O3. The molecule has 1 aromatic rings. The zero-order chi connectivity index (χ0) is 16.1. The lowest BCUT2D eigenvalue weighted by Gasteiger charge is -2.33. The van der Waals surface area contributed by atoms with Crippen LogP contribution in [0.5, 0.6) is 0 Å². The van der Waals surface area contributed by atoms with Crippen LogP contribution in [0.4, 0.5) is 16.2 Å². The molecule has 1 aliphatic heterocycles. The molecule has 1 unspecified atom stereocenters. The standard InChI is InChI=1S/C15H22N4O3/c1-11(12-6-8-18(2)9-7-12)16-15(20)17-13-4-3-5-14(10-13)19(21)22/h3-5,10-12H,6-9H2,1-2H3,(H2,16,17,20). The molecule has 0 saturated carbocycles. The fourth-order valence-electron chi connectivity index (χ4n) is 2.72. The van der Waals surface area contributed by atoms with Gasteiger partial charge < -0.3 is 15.5 Å². The zero-order valence-corrected chi connectivity index (χ0v) is 12.9. The summed E-state index contributed by atoms with van der Waals surface area (Å²) in [4.78, 5) is 24.5. The van der Waals surface area contributed by atoms with Crippen molar-refractivity contribution in [3.63, 3.8) is 0 Å². The number of likely N-dealkylation sites (tertiary alicyclic amines) is 1. The number of amides is 2. The van der Waals surface area contributed by atoms with Gasteiger partial charge >= 0.3 is 6.03 Å². The zero-order valence-electron chi connectivity index (χ0n) is 12.9. The van der Waals surface area contributed by atoms with Crippen LogP contribution < -0.4 is 10.6 Å². The number of hydrogen-bond donors (Lipinski definition) is 2. The van der Waals surface area contributed by atoms with Crippen molar-refractivity contribution in [3.05, 3.63) is 34.4 Å². The Morgan fingerprint density at radius 2 is 2.09 bits per heavy atom. The number of nitro benzene ring substituents is 1. The third-order valence-electron chi connectivity index (χ3n) is 4.14. The van der Waals surface area contributed by atoms with Gasteiger partial charge in [0.15, 0.2) is 0 Å². The van der Waals surface area contributed by atoms with Crippen molar-refractivity contribution >= 4 is 17.4 Å². The molecular weight excluding hydrogens is 284 g/mol. The predicted molar refractivity (Wildman–Crippen MR) is 84.9 cm³/mol. The minimum atomic E-state index is -0.482. The summed E-state index contributed by atoms with van der Waals surface area (Å²) < 4.78 is 0. The molecule has 0 radical (unpaired) electrons. The lowest BCUT2D eigenvalue weighted by atomic mass is 9.91. The topological polar surface area (TPSA) is 87.5 Å². The number of benzene rings is 1. The highest BCUT2D eigenvalue weighted by Crippen LogP contribution is 2.20. The number of piperidine rings is 1. The molecule has 1 aromatic carbocycles. The molecule has 1 fully saturated rings. The van der Waals surface area contributed by atoms with Crippen molar-refractivity contribution in [2.45, 2.75) is 25.8 Å². The van der Waals surface area contributed by atoms with Gasteiger partial charge in [0.25, 0.3) is 5.69 Å². The van der Waals surface area contributed by atoms with E-state index in [2.05, 4.69) is 22.6 Å². The number of non-ortho nitro benzene ring substituents is 1. The summed E-state index contributed by atoms with van der Waals surface area (Å²) in [6, 6.07) is 5.67. The number of urea groups is 1. The van der Waals surface area contributed by atoms with Crippen LogP contribution >= 0.6 is 0 Å². The van der Waals surface area contributed by atoms with Crippen molar-refractivity contribution in [2.75, 3.05) is 25.5 Å². The first kappa shape index (κ1) is 16.2. The van der Waals surface area contributed by atoms with E-state index in [1.54, 1.807) is 12.1 Å². The first-order valence-electron chi connectivity index (χ1n) is 7.46. The molecule has 120 valence electrons. The van der Waals surface area contributed by atoms with E-state index in [9.17, 15) is 14.9 Å². The van der Waals surface area contributed by atoms with Crippen LogP contribution in [0.25, 0.3) is 0 Å². The van der Waals surface area contributed by atoms with Crippen molar-refractivity contribution < 1.29 is 9.72 Å². The van der Waals surface area contributed by atoms with E-state index in [1.807, 2.05) is 6.92 Å². The van der Waals surface area contributed by atoms with Gasteiger partial charge in [-0.05, 0) is 51.9 Å². The van der Waals surface area contributed by atoms with Gasteiger partial charge in [-0.15, -0.1) is 0 Å². The van der Waals surface area contributed by atoms with Crippen LogP contribution in [0.15, 0.2) is 24.3 Å². The summed E-state index contributed by atoms with van der Waals surface area (Å²) in [6.07, 6.45) is 2.13. The molecule has 1 heterocycles. The monoisotopic (exact) mass is 306 g/mol. The van der Waals surface area contributed by atoms with Crippen LogP contribution in [0.3, 0.4) is 0 Å². The van der Waals surface area contributed by atoms with Crippen LogP contribution in [-0.2, 0) is 0 Å². The highest BCUT2D eigenvalue weighted by atomic mass is 16.6. The summed E-state index contributed by atoms with van der Waals surface area (Å²) in [6.45, 7) is 4.09. The minimum absolute atomic E-state index is 0.0406. The lowest BCUT2D eigenvalue weighted by molar-refractivity contribution is -0.384. The van der Waals surface area contributed by atoms with Crippen molar-refractivity contribution in [2.24, 2.45) is 5.92 Å². The number of nitro groups is 1. The summed E-state index contributed by atoms with van der Waals surface area (Å²) in [5.41, 5.74) is 0.378. The smallest absolute Gasteiger partial charge is 0.319 e. The van der Waals surface area contributed by atoms with Gasteiger partial charge in [0, 0.05) is 23.9 Å². The van der Waals surface area contributed by atoms with Gasteiger partial charge in [-0.25, -0.2) is 4.79 Å². The average molecular weight is 306 g/mol. The SMILES string of the molecule is CC(NC(=O)Nc1cccc([N+](=O)[O-])c1)C1CCN(C)CC1. The van der Waals surface area contributed by atoms with Gasteiger partial charge in [0.05, 0.1) is 4.92 Å². The number of rotatable bonds is 4. The van der Waals surface area contributed by atoms with Crippen molar-refractivity contribution in [1.29, 1.82) is 0 Å². The number of carbonyl (C=O) groups excluding carboxylic acids is 1. The molecule has 7 heteroatoms. The fraction of sp³-hybridized carbons (Fsp3) is 0.533. The molecule has 2 rings (SSSR count). The van der Waals surface area contributed by atoms with Crippen molar-refractivity contribution in [1.82, 2.24) is 10.2 Å². The largest absolute Gasteiger partial charge is 0.335 e. The van der Waals surface area contributed by atoms with E-state index in [-0.39, 0.29) is 17.8 Å². The van der Waals surface area contributed by atoms with Gasteiger partial charge in [-0.3, -0.25) is 10.1 Å². The Balaban J connectivity index is 1.87. The van der Waals surface area contributed by atoms with Crippen molar-refractivity contribution in [3.8, 4) is 0 Å². The Kier molecular flexibility index (Phi) is 5.32. The Hall–Kier alpha value is -2.15. The maximum Gasteiger partial charge on any atom is 0.319 e. The maximum atomic E-state index is 12.0. The molecule has 0 aromatic heterocycles. The van der Waals surface area contributed by atoms with E-state index in [1.165, 1.54) is 12.1 Å². The fourth-order valence-corrected chi connectivity index (χ4v) is 2.72. The molecule has 7 nitrogen and oxygen atoms in total. The number of nitrogens with zero attached hydrogens (tertiary/aromatic N) is 2. The second-order valence-corrected chi connectivity index (χ2v) is 5.84. The van der Waals surface area contributed by atoms with Crippen LogP contribution in [0.1, 0.15) is 19.8 Å². The van der Waals surface area contributed by atoms with E-state index in [0.717, 1.165) is 25.9 Å². The second-order valence-electron chi connectivity index (χ2n) is 5.84. The summed E-state index contributed by atoms with van der Waals surface area (Å²) >= 11 is 0. The molecule has 1 aliphatic rings. The van der Waals surface area contributed by atoms with Crippen LogP contribution in [0.2, 0.25) is 0 Å². The van der Waals surface area contributed by atoms with E-state index >= 15 is 0 Å². The van der Waals surface area contributed by atoms with Crippen LogP contribution in [-0.4, -0.2) is 42.0 Å². The Morgan fingerprint density at radius 1 is 1.41 bits per heavy atom. The molecule has 2 amide bonds. The molecule has 0 bridgehead atoms. The second kappa shape index (κ2) is 7.22. The normalized spacial score (nSPS) is 17.7. The Bertz CT molecular complexity index is 541. The molecule has 2 N–H and O–H groups in total. The number of carbonyl (C=O) groups is 1. The van der Waals surface area contributed by atoms with E-state index in [0.29, 0.717) is 11.6 Å². The number of nitrogens with one attached hydrogen (secondary N) is 2. The maximum absolute atomic E-state index is 12.0. The Labute approximate surface area is 129 Å². The number of hydrogen-bond acceptors (Lipinski definition) is 4. The molecule has 1 atom stereocenters. The highest BCUT2D eigenvalue weighted by Gasteiger charge is 2.23. The summed E-state index contributed by atoms with van der Waals surface area (Å²) in [5, 5.41) is 16.3. The lowest BCUT2D eigenvalue weighted by Crippen LogP contribution is -2.44. The van der Waals surface area contributed by atoms with E-state index in [4.69, 9.17) is 0 Å². The first-order chi connectivity index (χ1) is 10.5. The number of anilines is 1. The quantitative estimate of drug-likeness (QED) is 0.660.